The molecule has 210 valence electrons. The molecule has 3 heterocycles. The second-order valence-electron chi connectivity index (χ2n) is 11.7. The van der Waals surface area contributed by atoms with Crippen molar-refractivity contribution in [2.45, 2.75) is 84.4 Å². The second kappa shape index (κ2) is 10.8. The highest BCUT2D eigenvalue weighted by molar-refractivity contribution is 5.65. The Labute approximate surface area is 229 Å². The highest BCUT2D eigenvalue weighted by Gasteiger charge is 2.36. The lowest BCUT2D eigenvalue weighted by Gasteiger charge is -2.33. The van der Waals surface area contributed by atoms with Gasteiger partial charge in [-0.25, -0.2) is 15.0 Å². The predicted octanol–water partition coefficient (Wildman–Crippen LogP) is 7.44. The minimum atomic E-state index is -4.44. The standard InChI is InChI=1S/C30H39F3N6/c1-18(2)22-8-6-7-9-23(22)28-36-26-20(5)10-11-24(26)27(37-28)34-16-21-12-14-38(15-13-21)29-35-25(30(31,32)33)17-39(29)19(3)4/h6-9,17-21H,10-16H2,1-5H3,(H,34,36,37). The van der Waals surface area contributed by atoms with Gasteiger partial charge in [0.05, 0.1) is 5.69 Å². The molecule has 1 aromatic carbocycles. The number of alkyl halides is 3. The van der Waals surface area contributed by atoms with E-state index in [9.17, 15) is 13.2 Å². The van der Waals surface area contributed by atoms with Crippen molar-refractivity contribution in [3.63, 3.8) is 0 Å². The summed E-state index contributed by atoms with van der Waals surface area (Å²) in [6, 6.07) is 8.28. The summed E-state index contributed by atoms with van der Waals surface area (Å²) < 4.78 is 41.7. The summed E-state index contributed by atoms with van der Waals surface area (Å²) >= 11 is 0. The molecule has 1 atom stereocenters. The lowest BCUT2D eigenvalue weighted by atomic mass is 9.96. The smallest absolute Gasteiger partial charge is 0.369 e. The van der Waals surface area contributed by atoms with Crippen LogP contribution < -0.4 is 10.2 Å². The molecule has 0 bridgehead atoms. The summed E-state index contributed by atoms with van der Waals surface area (Å²) in [6.45, 7) is 12.5. The molecule has 39 heavy (non-hydrogen) atoms. The van der Waals surface area contributed by atoms with Gasteiger partial charge in [-0.3, -0.25) is 0 Å². The highest BCUT2D eigenvalue weighted by atomic mass is 19.4. The summed E-state index contributed by atoms with van der Waals surface area (Å²) in [4.78, 5) is 16.1. The lowest BCUT2D eigenvalue weighted by Crippen LogP contribution is -2.37. The van der Waals surface area contributed by atoms with Gasteiger partial charge < -0.3 is 14.8 Å². The van der Waals surface area contributed by atoms with E-state index in [1.54, 1.807) is 4.57 Å². The van der Waals surface area contributed by atoms with Crippen molar-refractivity contribution < 1.29 is 13.2 Å². The number of piperidine rings is 1. The predicted molar refractivity (Wildman–Crippen MR) is 149 cm³/mol. The van der Waals surface area contributed by atoms with Crippen LogP contribution in [0.3, 0.4) is 0 Å². The molecule has 1 saturated heterocycles. The zero-order chi connectivity index (χ0) is 27.9. The number of fused-ring (bicyclic) bond motifs is 1. The van der Waals surface area contributed by atoms with Crippen LogP contribution in [0.25, 0.3) is 11.4 Å². The SMILES string of the molecule is CC(C)c1ccccc1-c1nc(NCC2CCN(c3nc(C(F)(F)F)cn3C(C)C)CC2)c2c(n1)C(C)CC2. The van der Waals surface area contributed by atoms with E-state index >= 15 is 0 Å². The van der Waals surface area contributed by atoms with E-state index in [2.05, 4.69) is 49.3 Å². The Kier molecular flexibility index (Phi) is 7.62. The number of hydrogen-bond donors (Lipinski definition) is 1. The minimum Gasteiger partial charge on any atom is -0.369 e. The van der Waals surface area contributed by atoms with Crippen LogP contribution in [0.2, 0.25) is 0 Å². The van der Waals surface area contributed by atoms with Gasteiger partial charge in [0.2, 0.25) is 5.95 Å². The van der Waals surface area contributed by atoms with Crippen molar-refractivity contribution in [3.05, 3.63) is 53.0 Å². The van der Waals surface area contributed by atoms with E-state index in [0.717, 1.165) is 61.3 Å². The molecular weight excluding hydrogens is 501 g/mol. The van der Waals surface area contributed by atoms with Crippen LogP contribution >= 0.6 is 0 Å². The number of nitrogens with zero attached hydrogens (tertiary/aromatic N) is 5. The average Bonchev–Trinajstić information content (AvgIpc) is 3.52. The Balaban J connectivity index is 1.31. The lowest BCUT2D eigenvalue weighted by molar-refractivity contribution is -0.140. The third-order valence-electron chi connectivity index (χ3n) is 8.17. The van der Waals surface area contributed by atoms with Gasteiger partial charge in [-0.15, -0.1) is 0 Å². The maximum atomic E-state index is 13.3. The van der Waals surface area contributed by atoms with Crippen molar-refractivity contribution >= 4 is 11.8 Å². The van der Waals surface area contributed by atoms with Gasteiger partial charge in [-0.2, -0.15) is 13.2 Å². The number of hydrogen-bond acceptors (Lipinski definition) is 5. The summed E-state index contributed by atoms with van der Waals surface area (Å²) in [6.07, 6.45) is 0.510. The molecule has 5 rings (SSSR count). The van der Waals surface area contributed by atoms with Crippen molar-refractivity contribution in [2.24, 2.45) is 5.92 Å². The van der Waals surface area contributed by atoms with E-state index < -0.39 is 11.9 Å². The largest absolute Gasteiger partial charge is 0.434 e. The van der Waals surface area contributed by atoms with E-state index in [1.807, 2.05) is 24.8 Å². The molecule has 1 aliphatic heterocycles. The van der Waals surface area contributed by atoms with Gasteiger partial charge in [0, 0.05) is 43.0 Å². The van der Waals surface area contributed by atoms with Crippen LogP contribution in [0, 0.1) is 5.92 Å². The molecule has 9 heteroatoms. The molecule has 0 radical (unpaired) electrons. The molecule has 0 amide bonds. The normalized spacial score (nSPS) is 18.3. The first-order valence-electron chi connectivity index (χ1n) is 14.2. The van der Waals surface area contributed by atoms with Gasteiger partial charge in [0.25, 0.3) is 0 Å². The van der Waals surface area contributed by atoms with Crippen LogP contribution in [-0.4, -0.2) is 39.2 Å². The Morgan fingerprint density at radius 3 is 2.38 bits per heavy atom. The Bertz CT molecular complexity index is 1300. The fraction of sp³-hybridized carbons (Fsp3) is 0.567. The molecule has 0 spiro atoms. The van der Waals surface area contributed by atoms with Gasteiger partial charge in [0.15, 0.2) is 11.5 Å². The first-order chi connectivity index (χ1) is 18.5. The number of halogens is 3. The Morgan fingerprint density at radius 2 is 1.72 bits per heavy atom. The maximum absolute atomic E-state index is 13.3. The van der Waals surface area contributed by atoms with E-state index in [0.29, 0.717) is 36.8 Å². The van der Waals surface area contributed by atoms with Crippen LogP contribution in [0.15, 0.2) is 30.5 Å². The zero-order valence-corrected chi connectivity index (χ0v) is 23.5. The van der Waals surface area contributed by atoms with E-state index in [4.69, 9.17) is 9.97 Å². The first kappa shape index (κ1) is 27.5. The quantitative estimate of drug-likeness (QED) is 0.337. The third-order valence-corrected chi connectivity index (χ3v) is 8.17. The minimum absolute atomic E-state index is 0.0970. The zero-order valence-electron chi connectivity index (χ0n) is 23.5. The van der Waals surface area contributed by atoms with Crippen LogP contribution in [0.4, 0.5) is 24.9 Å². The molecule has 1 aliphatic carbocycles. The molecule has 3 aromatic rings. The van der Waals surface area contributed by atoms with Gasteiger partial charge in [-0.05, 0) is 62.8 Å². The molecule has 1 unspecified atom stereocenters. The molecule has 2 aliphatic rings. The van der Waals surface area contributed by atoms with Crippen molar-refractivity contribution in [1.82, 2.24) is 19.5 Å². The number of imidazole rings is 1. The molecule has 1 N–H and O–H groups in total. The van der Waals surface area contributed by atoms with E-state index in [-0.39, 0.29) is 6.04 Å². The van der Waals surface area contributed by atoms with Crippen molar-refractivity contribution in [3.8, 4) is 11.4 Å². The van der Waals surface area contributed by atoms with Crippen LogP contribution in [0.1, 0.15) is 94.3 Å². The fourth-order valence-electron chi connectivity index (χ4n) is 5.84. The molecule has 2 aromatic heterocycles. The third kappa shape index (κ3) is 5.63. The van der Waals surface area contributed by atoms with Gasteiger partial charge >= 0.3 is 6.18 Å². The topological polar surface area (TPSA) is 58.9 Å². The highest BCUT2D eigenvalue weighted by Crippen LogP contribution is 2.38. The first-order valence-corrected chi connectivity index (χ1v) is 14.2. The number of rotatable bonds is 7. The summed E-state index contributed by atoms with van der Waals surface area (Å²) in [5.41, 5.74) is 3.89. The van der Waals surface area contributed by atoms with Crippen molar-refractivity contribution in [2.75, 3.05) is 29.9 Å². The fourth-order valence-corrected chi connectivity index (χ4v) is 5.84. The summed E-state index contributed by atoms with van der Waals surface area (Å²) in [7, 11) is 0. The second-order valence-corrected chi connectivity index (χ2v) is 11.7. The molecule has 1 fully saturated rings. The Hall–Kier alpha value is -3.10. The maximum Gasteiger partial charge on any atom is 0.434 e. The Morgan fingerprint density at radius 1 is 1.00 bits per heavy atom. The van der Waals surface area contributed by atoms with Crippen LogP contribution in [0.5, 0.6) is 0 Å². The van der Waals surface area contributed by atoms with E-state index in [1.165, 1.54) is 11.1 Å². The van der Waals surface area contributed by atoms with Gasteiger partial charge in [0.1, 0.15) is 5.82 Å². The monoisotopic (exact) mass is 540 g/mol. The molecule has 6 nitrogen and oxygen atoms in total. The number of anilines is 2. The summed E-state index contributed by atoms with van der Waals surface area (Å²) in [5.74, 6) is 3.32. The average molecular weight is 541 g/mol. The number of benzene rings is 1. The van der Waals surface area contributed by atoms with Crippen LogP contribution in [-0.2, 0) is 12.6 Å². The molecule has 0 saturated carbocycles. The van der Waals surface area contributed by atoms with Gasteiger partial charge in [-0.1, -0.05) is 45.0 Å². The number of aromatic nitrogens is 4. The van der Waals surface area contributed by atoms with Crippen molar-refractivity contribution in [1.29, 1.82) is 0 Å². The number of nitrogens with one attached hydrogen (secondary N) is 1. The molecular formula is C30H39F3N6. The summed E-state index contributed by atoms with van der Waals surface area (Å²) in [5, 5.41) is 3.66.